The highest BCUT2D eigenvalue weighted by atomic mass is 16.1. The number of aryl methyl sites for hydroxylation is 3. The van der Waals surface area contributed by atoms with Crippen molar-refractivity contribution in [3.8, 4) is 17.5 Å². The van der Waals surface area contributed by atoms with Crippen molar-refractivity contribution in [3.63, 3.8) is 0 Å². The van der Waals surface area contributed by atoms with Crippen molar-refractivity contribution in [2.75, 3.05) is 5.73 Å². The smallest absolute Gasteiger partial charge is 0.264 e. The van der Waals surface area contributed by atoms with Gasteiger partial charge in [-0.2, -0.15) is 10.2 Å². The minimum atomic E-state index is -0.646. The van der Waals surface area contributed by atoms with Crippen LogP contribution < -0.4 is 17.0 Å². The van der Waals surface area contributed by atoms with Gasteiger partial charge in [-0.3, -0.25) is 18.8 Å². The maximum absolute atomic E-state index is 13.5. The molecule has 2 aromatic carbocycles. The molecule has 0 aliphatic rings. The standard InChI is InChI=1S/C24H21N3O.C8H11N5O/c1-4-21-15-19-10-8-9-18(13-14-20-16-25-26(3)17(20)2)23(19)24(28)27(21)22-11-6-5-7-12-22;1-3-4-11-8-5(7(10)14)6(9)12-13(8)2/h5-12,15-16H,4H2,1-3H3;3-4H,1H2,2H3,(H2,9,12)(H2,10,14)/b;11-4-. The van der Waals surface area contributed by atoms with Gasteiger partial charge in [-0.1, -0.05) is 61.8 Å². The van der Waals surface area contributed by atoms with Crippen molar-refractivity contribution < 1.29 is 4.79 Å². The summed E-state index contributed by atoms with van der Waals surface area (Å²) in [4.78, 5) is 28.4. The fraction of sp³-hybridized carbons (Fsp3) is 0.156. The van der Waals surface area contributed by atoms with Gasteiger partial charge >= 0.3 is 0 Å². The molecule has 10 nitrogen and oxygen atoms in total. The quantitative estimate of drug-likeness (QED) is 0.247. The van der Waals surface area contributed by atoms with Gasteiger partial charge in [-0.25, -0.2) is 9.67 Å². The predicted octanol–water partition coefficient (Wildman–Crippen LogP) is 3.98. The number of carbonyl (C=O) groups is 1. The second kappa shape index (κ2) is 12.7. The molecule has 1 amide bonds. The molecule has 0 aliphatic heterocycles. The summed E-state index contributed by atoms with van der Waals surface area (Å²) in [6.07, 6.45) is 5.44. The zero-order valence-corrected chi connectivity index (χ0v) is 24.0. The number of nitrogens with two attached hydrogens (primary N) is 2. The number of rotatable bonds is 5. The van der Waals surface area contributed by atoms with Gasteiger partial charge in [0.05, 0.1) is 22.8 Å². The molecule has 5 aromatic rings. The number of nitrogen functional groups attached to an aromatic ring is 1. The third-order valence-corrected chi connectivity index (χ3v) is 6.66. The van der Waals surface area contributed by atoms with Crippen molar-refractivity contribution in [3.05, 3.63) is 112 Å². The number of hydrogen-bond acceptors (Lipinski definition) is 6. The number of amides is 1. The van der Waals surface area contributed by atoms with E-state index in [1.807, 2.05) is 62.5 Å². The highest BCUT2D eigenvalue weighted by molar-refractivity contribution is 6.02. The molecule has 0 aliphatic carbocycles. The molecule has 212 valence electrons. The lowest BCUT2D eigenvalue weighted by Crippen LogP contribution is -2.22. The van der Waals surface area contributed by atoms with E-state index in [0.29, 0.717) is 11.2 Å². The highest BCUT2D eigenvalue weighted by Gasteiger charge is 2.17. The summed E-state index contributed by atoms with van der Waals surface area (Å²) in [5.41, 5.74) is 15.2. The summed E-state index contributed by atoms with van der Waals surface area (Å²) >= 11 is 0. The van der Waals surface area contributed by atoms with E-state index in [1.54, 1.807) is 22.5 Å². The van der Waals surface area contributed by atoms with Gasteiger partial charge in [0.15, 0.2) is 11.6 Å². The number of para-hydroxylation sites is 1. The molecule has 3 aromatic heterocycles. The summed E-state index contributed by atoms with van der Waals surface area (Å²) in [5.74, 6) is 6.14. The number of nitrogens with zero attached hydrogens (tertiary/aromatic N) is 6. The summed E-state index contributed by atoms with van der Waals surface area (Å²) in [6, 6.07) is 17.7. The molecule has 5 rings (SSSR count). The fourth-order valence-corrected chi connectivity index (χ4v) is 4.44. The van der Waals surface area contributed by atoms with Crippen LogP contribution in [0.15, 0.2) is 83.2 Å². The predicted molar refractivity (Wildman–Crippen MR) is 167 cm³/mol. The molecule has 3 heterocycles. The van der Waals surface area contributed by atoms with E-state index in [2.05, 4.69) is 46.6 Å². The Labute approximate surface area is 243 Å². The van der Waals surface area contributed by atoms with Crippen LogP contribution in [0.2, 0.25) is 0 Å². The SMILES string of the molecule is C=C/C=N\c1c(C(N)=O)c(N)nn1C.CCc1cc2cccc(C#Cc3cnn(C)c3C)c2c(=O)n1-c1ccccc1. The number of fused-ring (bicyclic) bond motifs is 1. The number of benzene rings is 2. The normalized spacial score (nSPS) is 10.7. The van der Waals surface area contributed by atoms with Crippen LogP contribution in [0.25, 0.3) is 16.5 Å². The molecule has 0 bridgehead atoms. The zero-order chi connectivity index (χ0) is 30.4. The second-order valence-corrected chi connectivity index (χ2v) is 9.34. The van der Waals surface area contributed by atoms with Crippen LogP contribution in [0.4, 0.5) is 11.6 Å². The minimum absolute atomic E-state index is 0.0339. The first-order valence-corrected chi connectivity index (χ1v) is 13.2. The van der Waals surface area contributed by atoms with Crippen LogP contribution in [0.5, 0.6) is 0 Å². The fourth-order valence-electron chi connectivity index (χ4n) is 4.44. The maximum atomic E-state index is 13.5. The number of pyridine rings is 1. The van der Waals surface area contributed by atoms with E-state index >= 15 is 0 Å². The van der Waals surface area contributed by atoms with Gasteiger partial charge in [0.1, 0.15) is 5.56 Å². The molecule has 0 fully saturated rings. The molecule has 4 N–H and O–H groups in total. The molecule has 0 saturated heterocycles. The molecular formula is C32H32N8O2. The van der Waals surface area contributed by atoms with E-state index < -0.39 is 5.91 Å². The molecule has 0 spiro atoms. The second-order valence-electron chi connectivity index (χ2n) is 9.34. The van der Waals surface area contributed by atoms with Crippen molar-refractivity contribution >= 4 is 34.5 Å². The molecule has 0 atom stereocenters. The number of aliphatic imine (C=N–C) groups is 1. The third kappa shape index (κ3) is 5.90. The van der Waals surface area contributed by atoms with Crippen LogP contribution >= 0.6 is 0 Å². The first-order chi connectivity index (χ1) is 20.2. The van der Waals surface area contributed by atoms with E-state index in [0.717, 1.165) is 40.0 Å². The van der Waals surface area contributed by atoms with Gasteiger partial charge in [0, 0.05) is 37.3 Å². The molecule has 0 unspecified atom stereocenters. The Morgan fingerprint density at radius 3 is 2.40 bits per heavy atom. The first-order valence-electron chi connectivity index (χ1n) is 13.2. The van der Waals surface area contributed by atoms with Crippen LogP contribution in [0.3, 0.4) is 0 Å². The minimum Gasteiger partial charge on any atom is -0.381 e. The van der Waals surface area contributed by atoms with Gasteiger partial charge < -0.3 is 11.5 Å². The Bertz CT molecular complexity index is 1930. The third-order valence-electron chi connectivity index (χ3n) is 6.66. The number of carbonyl (C=O) groups excluding carboxylic acids is 1. The van der Waals surface area contributed by atoms with Gasteiger partial charge in [0.2, 0.25) is 0 Å². The lowest BCUT2D eigenvalue weighted by Gasteiger charge is -2.14. The molecular weight excluding hydrogens is 528 g/mol. The Morgan fingerprint density at radius 1 is 1.07 bits per heavy atom. The van der Waals surface area contributed by atoms with Crippen molar-refractivity contribution in [1.82, 2.24) is 24.1 Å². The van der Waals surface area contributed by atoms with E-state index in [1.165, 1.54) is 17.0 Å². The summed E-state index contributed by atoms with van der Waals surface area (Å²) in [6.45, 7) is 7.51. The summed E-state index contributed by atoms with van der Waals surface area (Å²) < 4.78 is 4.97. The van der Waals surface area contributed by atoms with E-state index in [-0.39, 0.29) is 16.9 Å². The highest BCUT2D eigenvalue weighted by Crippen LogP contribution is 2.23. The number of anilines is 1. The van der Waals surface area contributed by atoms with Crippen molar-refractivity contribution in [2.45, 2.75) is 20.3 Å². The lowest BCUT2D eigenvalue weighted by atomic mass is 10.0. The largest absolute Gasteiger partial charge is 0.381 e. The van der Waals surface area contributed by atoms with Crippen molar-refractivity contribution in [1.29, 1.82) is 0 Å². The maximum Gasteiger partial charge on any atom is 0.264 e. The Kier molecular flexibility index (Phi) is 8.83. The van der Waals surface area contributed by atoms with Gasteiger partial charge in [-0.05, 0) is 43.0 Å². The number of primary amides is 1. The Hall–Kier alpha value is -5.69. The molecule has 42 heavy (non-hydrogen) atoms. The van der Waals surface area contributed by atoms with Crippen LogP contribution in [0, 0.1) is 18.8 Å². The summed E-state index contributed by atoms with van der Waals surface area (Å²) in [5, 5.41) is 9.63. The average molecular weight is 561 g/mol. The Balaban J connectivity index is 0.000000244. The number of aromatic nitrogens is 5. The van der Waals surface area contributed by atoms with Crippen LogP contribution in [0.1, 0.15) is 39.8 Å². The van der Waals surface area contributed by atoms with Crippen LogP contribution in [-0.2, 0) is 20.5 Å². The van der Waals surface area contributed by atoms with Crippen LogP contribution in [-0.4, -0.2) is 36.2 Å². The monoisotopic (exact) mass is 560 g/mol. The summed E-state index contributed by atoms with van der Waals surface area (Å²) in [7, 11) is 3.52. The zero-order valence-electron chi connectivity index (χ0n) is 24.0. The lowest BCUT2D eigenvalue weighted by molar-refractivity contribution is 0.100. The van der Waals surface area contributed by atoms with E-state index in [9.17, 15) is 9.59 Å². The molecule has 0 saturated carbocycles. The van der Waals surface area contributed by atoms with Gasteiger partial charge in [0.25, 0.3) is 11.5 Å². The average Bonchev–Trinajstić information content (AvgIpc) is 3.46. The van der Waals surface area contributed by atoms with Gasteiger partial charge in [-0.15, -0.1) is 0 Å². The topological polar surface area (TPSA) is 139 Å². The Morgan fingerprint density at radius 2 is 1.79 bits per heavy atom. The first kappa shape index (κ1) is 29.3. The molecule has 0 radical (unpaired) electrons. The molecule has 10 heteroatoms. The van der Waals surface area contributed by atoms with E-state index in [4.69, 9.17) is 11.5 Å². The van der Waals surface area contributed by atoms with Crippen molar-refractivity contribution in [2.24, 2.45) is 24.8 Å². The number of hydrogen-bond donors (Lipinski definition) is 2. The number of allylic oxidation sites excluding steroid dienone is 1.